The maximum absolute atomic E-state index is 14.2. The summed E-state index contributed by atoms with van der Waals surface area (Å²) in [6.45, 7) is 6.32. The molecule has 0 unspecified atom stereocenters. The molecule has 0 radical (unpaired) electrons. The lowest BCUT2D eigenvalue weighted by molar-refractivity contribution is 0.0270. The number of hydrogen-bond acceptors (Lipinski definition) is 9. The van der Waals surface area contributed by atoms with E-state index in [1.54, 1.807) is 15.6 Å². The summed E-state index contributed by atoms with van der Waals surface area (Å²) in [5, 5.41) is 5.15. The zero-order valence-electron chi connectivity index (χ0n) is 22.5. The van der Waals surface area contributed by atoms with Crippen LogP contribution in [-0.2, 0) is 14.8 Å². The van der Waals surface area contributed by atoms with E-state index in [4.69, 9.17) is 9.47 Å². The number of fused-ring (bicyclic) bond motifs is 1. The van der Waals surface area contributed by atoms with Crippen LogP contribution in [0.5, 0.6) is 5.88 Å². The summed E-state index contributed by atoms with van der Waals surface area (Å²) in [6.07, 6.45) is 5.32. The van der Waals surface area contributed by atoms with Crippen LogP contribution in [0.3, 0.4) is 0 Å². The summed E-state index contributed by atoms with van der Waals surface area (Å²) >= 11 is 1.26. The van der Waals surface area contributed by atoms with Gasteiger partial charge < -0.3 is 14.4 Å². The van der Waals surface area contributed by atoms with Crippen molar-refractivity contribution in [2.75, 3.05) is 24.9 Å². The number of rotatable bonds is 6. The smallest absolute Gasteiger partial charge is 0.410 e. The van der Waals surface area contributed by atoms with E-state index in [0.29, 0.717) is 41.1 Å². The molecule has 1 aromatic carbocycles. The first-order valence-corrected chi connectivity index (χ1v) is 14.7. The van der Waals surface area contributed by atoms with Crippen molar-refractivity contribution >= 4 is 43.7 Å². The van der Waals surface area contributed by atoms with E-state index in [1.807, 2.05) is 26.8 Å². The molecule has 0 saturated heterocycles. The van der Waals surface area contributed by atoms with Crippen LogP contribution < -0.4 is 9.46 Å². The molecule has 5 rings (SSSR count). The number of aromatic nitrogens is 4. The minimum Gasteiger partial charge on any atom is -0.480 e. The van der Waals surface area contributed by atoms with Crippen LogP contribution in [0.25, 0.3) is 21.1 Å². The summed E-state index contributed by atoms with van der Waals surface area (Å²) in [5.41, 5.74) is 1.55. The second-order valence-electron chi connectivity index (χ2n) is 10.1. The number of amides is 1. The number of carbonyl (C=O) groups excluding carboxylic acids is 1. The van der Waals surface area contributed by atoms with Gasteiger partial charge >= 0.3 is 6.09 Å². The van der Waals surface area contributed by atoms with Crippen molar-refractivity contribution in [2.45, 2.75) is 37.7 Å². The Morgan fingerprint density at radius 1 is 1.15 bits per heavy atom. The van der Waals surface area contributed by atoms with Crippen LogP contribution in [0.15, 0.2) is 47.6 Å². The number of sulfonamides is 1. The number of nitrogens with zero attached hydrogens (tertiary/aromatic N) is 5. The molecule has 0 spiro atoms. The molecule has 1 aliphatic heterocycles. The third kappa shape index (κ3) is 6.00. The van der Waals surface area contributed by atoms with E-state index in [1.165, 1.54) is 30.7 Å². The predicted molar refractivity (Wildman–Crippen MR) is 148 cm³/mol. The Labute approximate surface area is 238 Å². The zero-order chi connectivity index (χ0) is 29.5. The highest BCUT2D eigenvalue weighted by Gasteiger charge is 2.26. The third-order valence-electron chi connectivity index (χ3n) is 5.99. The highest BCUT2D eigenvalue weighted by atomic mass is 32.2. The minimum absolute atomic E-state index is 0.0521. The van der Waals surface area contributed by atoms with Gasteiger partial charge in [0, 0.05) is 30.9 Å². The average Bonchev–Trinajstić information content (AvgIpc) is 3.48. The molecule has 1 N–H and O–H groups in total. The number of halogens is 2. The molecular weight excluding hydrogens is 578 g/mol. The Bertz CT molecular complexity index is 1780. The van der Waals surface area contributed by atoms with E-state index in [9.17, 15) is 22.0 Å². The number of carbonyl (C=O) groups is 1. The molecule has 1 amide bonds. The molecule has 0 aliphatic carbocycles. The lowest BCUT2D eigenvalue weighted by Crippen LogP contribution is -2.39. The van der Waals surface area contributed by atoms with E-state index in [0.717, 1.165) is 23.4 Å². The van der Waals surface area contributed by atoms with Gasteiger partial charge in [-0.25, -0.2) is 36.5 Å². The first-order valence-electron chi connectivity index (χ1n) is 12.4. The van der Waals surface area contributed by atoms with E-state index in [-0.39, 0.29) is 17.7 Å². The Kier molecular flexibility index (Phi) is 7.42. The van der Waals surface area contributed by atoms with Gasteiger partial charge in [0.2, 0.25) is 10.8 Å². The van der Waals surface area contributed by atoms with Crippen LogP contribution in [0, 0.1) is 11.6 Å². The van der Waals surface area contributed by atoms with Gasteiger partial charge in [0.05, 0.1) is 19.0 Å². The van der Waals surface area contributed by atoms with Crippen LogP contribution in [-0.4, -0.2) is 64.8 Å². The summed E-state index contributed by atoms with van der Waals surface area (Å²) in [5.74, 6) is -2.19. The van der Waals surface area contributed by atoms with E-state index in [2.05, 4.69) is 19.8 Å². The third-order valence-corrected chi connectivity index (χ3v) is 8.36. The van der Waals surface area contributed by atoms with Crippen LogP contribution in [0.4, 0.5) is 19.3 Å². The molecule has 3 aromatic heterocycles. The highest BCUT2D eigenvalue weighted by Crippen LogP contribution is 2.34. The lowest BCUT2D eigenvalue weighted by atomic mass is 10.1. The second kappa shape index (κ2) is 10.7. The number of pyridine rings is 1. The van der Waals surface area contributed by atoms with E-state index < -0.39 is 32.2 Å². The van der Waals surface area contributed by atoms with Crippen molar-refractivity contribution in [1.82, 2.24) is 24.5 Å². The first-order chi connectivity index (χ1) is 19.3. The fourth-order valence-electron chi connectivity index (χ4n) is 4.12. The van der Waals surface area contributed by atoms with Crippen LogP contribution in [0.2, 0.25) is 0 Å². The van der Waals surface area contributed by atoms with Crippen molar-refractivity contribution in [2.24, 2.45) is 0 Å². The summed E-state index contributed by atoms with van der Waals surface area (Å²) in [4.78, 5) is 22.5. The largest absolute Gasteiger partial charge is 0.480 e. The average molecular weight is 605 g/mol. The molecule has 0 saturated carbocycles. The standard InChI is InChI=1S/C26H26F2N6O5S2/c1-26(2,3)39-25(35)33-9-7-15(8-10-33)20-14-30-24-34(20)31-23(40-24)16-11-19(22(38-4)29-13-16)32-41(36,37)21-6-5-17(27)12-18(21)28/h5-7,11-14,32H,8-10H2,1-4H3. The summed E-state index contributed by atoms with van der Waals surface area (Å²) < 4.78 is 67.9. The summed E-state index contributed by atoms with van der Waals surface area (Å²) in [7, 11) is -3.13. The van der Waals surface area contributed by atoms with E-state index >= 15 is 0 Å². The van der Waals surface area contributed by atoms with Gasteiger partial charge in [-0.05, 0) is 51.0 Å². The first kappa shape index (κ1) is 28.4. The maximum atomic E-state index is 14.2. The Balaban J connectivity index is 1.41. The Morgan fingerprint density at radius 2 is 1.93 bits per heavy atom. The second-order valence-corrected chi connectivity index (χ2v) is 12.7. The number of imidazole rings is 1. The number of anilines is 1. The molecule has 0 atom stereocenters. The number of hydrogen-bond donors (Lipinski definition) is 1. The van der Waals surface area contributed by atoms with Crippen LogP contribution in [0.1, 0.15) is 32.9 Å². The van der Waals surface area contributed by atoms with Gasteiger partial charge in [-0.3, -0.25) is 4.72 Å². The van der Waals surface area contributed by atoms with Crippen LogP contribution >= 0.6 is 11.3 Å². The van der Waals surface area contributed by atoms with Gasteiger partial charge in [0.25, 0.3) is 10.0 Å². The lowest BCUT2D eigenvalue weighted by Gasteiger charge is -2.29. The van der Waals surface area contributed by atoms with Gasteiger partial charge in [-0.15, -0.1) is 0 Å². The summed E-state index contributed by atoms with van der Waals surface area (Å²) in [6, 6.07) is 3.63. The van der Waals surface area contributed by atoms with Gasteiger partial charge in [0.1, 0.15) is 32.8 Å². The molecule has 0 fully saturated rings. The molecule has 1 aliphatic rings. The quantitative estimate of drug-likeness (QED) is 0.327. The van der Waals surface area contributed by atoms with Gasteiger partial charge in [-0.1, -0.05) is 17.4 Å². The molecular formula is C26H26F2N6O5S2. The molecule has 15 heteroatoms. The molecule has 0 bridgehead atoms. The number of ether oxygens (including phenoxy) is 2. The number of methoxy groups -OCH3 is 1. The molecule has 4 heterocycles. The molecule has 4 aromatic rings. The minimum atomic E-state index is -4.44. The van der Waals surface area contributed by atoms with Crippen molar-refractivity contribution < 1.29 is 31.5 Å². The van der Waals surface area contributed by atoms with Gasteiger partial charge in [0.15, 0.2) is 0 Å². The number of nitrogens with one attached hydrogen (secondary N) is 1. The molecule has 216 valence electrons. The van der Waals surface area contributed by atoms with Crippen molar-refractivity contribution in [3.8, 4) is 16.5 Å². The number of benzene rings is 1. The topological polar surface area (TPSA) is 128 Å². The van der Waals surface area contributed by atoms with Crippen molar-refractivity contribution in [3.05, 3.63) is 60.1 Å². The molecule has 11 nitrogen and oxygen atoms in total. The highest BCUT2D eigenvalue weighted by molar-refractivity contribution is 7.92. The zero-order valence-corrected chi connectivity index (χ0v) is 24.1. The van der Waals surface area contributed by atoms with Crippen molar-refractivity contribution in [3.63, 3.8) is 0 Å². The normalized spacial score (nSPS) is 14.2. The SMILES string of the molecule is COc1ncc(-c2nn3c(C4=CCN(C(=O)OC(C)(C)C)CC4)cnc3s2)cc1NS(=O)(=O)c1ccc(F)cc1F. The Morgan fingerprint density at radius 3 is 2.59 bits per heavy atom. The fourth-order valence-corrected chi connectivity index (χ4v) is 6.08. The maximum Gasteiger partial charge on any atom is 0.410 e. The van der Waals surface area contributed by atoms with Crippen molar-refractivity contribution in [1.29, 1.82) is 0 Å². The van der Waals surface area contributed by atoms with Gasteiger partial charge in [-0.2, -0.15) is 5.10 Å². The predicted octanol–water partition coefficient (Wildman–Crippen LogP) is 4.96. The Hall–Kier alpha value is -4.11. The molecule has 41 heavy (non-hydrogen) atoms. The fraction of sp³-hybridized carbons (Fsp3) is 0.308. The monoisotopic (exact) mass is 604 g/mol.